The predicted molar refractivity (Wildman–Crippen MR) is 115 cm³/mol. The lowest BCUT2D eigenvalue weighted by atomic mass is 9.66. The third-order valence-corrected chi connectivity index (χ3v) is 7.70. The summed E-state index contributed by atoms with van der Waals surface area (Å²) in [4.78, 5) is 2.53. The fourth-order valence-electron chi connectivity index (χ4n) is 5.93. The number of hydrogen-bond donors (Lipinski definition) is 2. The summed E-state index contributed by atoms with van der Waals surface area (Å²) in [7, 11) is 0. The van der Waals surface area contributed by atoms with Crippen molar-refractivity contribution in [3.8, 4) is 0 Å². The first-order chi connectivity index (χ1) is 13.2. The van der Waals surface area contributed by atoms with Crippen molar-refractivity contribution in [3.05, 3.63) is 34.3 Å². The standard InChI is InChI=1S/C23H35BrN2O/c24-21-6-2-5-20(15-21)22(16-26-9-7-25-8-10-26)23(27)14-19-12-17-3-1-4-18(11-17)13-19/h2,5-6,15,17-19,22-23,25,27H,1,3-4,7-14,16H2. The van der Waals surface area contributed by atoms with Crippen molar-refractivity contribution in [2.24, 2.45) is 17.8 Å². The topological polar surface area (TPSA) is 35.5 Å². The Kier molecular flexibility index (Phi) is 6.91. The highest BCUT2D eigenvalue weighted by Crippen LogP contribution is 2.44. The summed E-state index contributed by atoms with van der Waals surface area (Å²) >= 11 is 3.63. The van der Waals surface area contributed by atoms with Gasteiger partial charge in [-0.05, 0) is 61.1 Å². The van der Waals surface area contributed by atoms with Crippen molar-refractivity contribution >= 4 is 15.9 Å². The van der Waals surface area contributed by atoms with E-state index in [4.69, 9.17) is 0 Å². The van der Waals surface area contributed by atoms with Crippen molar-refractivity contribution < 1.29 is 5.11 Å². The number of rotatable bonds is 6. The Bertz CT molecular complexity index is 592. The summed E-state index contributed by atoms with van der Waals surface area (Å²) in [5.74, 6) is 2.81. The van der Waals surface area contributed by atoms with Crippen LogP contribution in [0.2, 0.25) is 0 Å². The third kappa shape index (κ3) is 5.35. The number of halogens is 1. The SMILES string of the molecule is OC(CC1CC2CCCC(C2)C1)C(CN1CCNCC1)c1cccc(Br)c1. The zero-order valence-electron chi connectivity index (χ0n) is 16.5. The summed E-state index contributed by atoms with van der Waals surface area (Å²) in [6.45, 7) is 5.27. The zero-order chi connectivity index (χ0) is 18.6. The molecule has 4 rings (SSSR count). The smallest absolute Gasteiger partial charge is 0.0623 e. The molecule has 2 N–H and O–H groups in total. The lowest BCUT2D eigenvalue weighted by molar-refractivity contribution is 0.0567. The van der Waals surface area contributed by atoms with Crippen LogP contribution in [0, 0.1) is 17.8 Å². The number of hydrogen-bond acceptors (Lipinski definition) is 3. The van der Waals surface area contributed by atoms with E-state index in [0.717, 1.165) is 61.4 Å². The minimum absolute atomic E-state index is 0.211. The van der Waals surface area contributed by atoms with Crippen LogP contribution < -0.4 is 5.32 Å². The number of piperazine rings is 1. The molecular formula is C23H35BrN2O. The fourth-order valence-corrected chi connectivity index (χ4v) is 6.34. The molecule has 3 fully saturated rings. The second kappa shape index (κ2) is 9.39. The van der Waals surface area contributed by atoms with Gasteiger partial charge < -0.3 is 15.3 Å². The maximum Gasteiger partial charge on any atom is 0.0623 e. The van der Waals surface area contributed by atoms with Gasteiger partial charge in [0.2, 0.25) is 0 Å². The zero-order valence-corrected chi connectivity index (χ0v) is 18.0. The molecule has 27 heavy (non-hydrogen) atoms. The molecule has 0 radical (unpaired) electrons. The summed E-state index contributed by atoms with van der Waals surface area (Å²) in [6, 6.07) is 8.62. The molecule has 4 atom stereocenters. The van der Waals surface area contributed by atoms with E-state index in [0.29, 0.717) is 0 Å². The molecule has 3 nitrogen and oxygen atoms in total. The minimum atomic E-state index is -0.238. The Morgan fingerprint density at radius 1 is 1.11 bits per heavy atom. The first-order valence-electron chi connectivity index (χ1n) is 11.0. The molecule has 1 aromatic carbocycles. The molecule has 1 aliphatic heterocycles. The maximum atomic E-state index is 11.3. The number of nitrogens with one attached hydrogen (secondary N) is 1. The summed E-state index contributed by atoms with van der Waals surface area (Å²) < 4.78 is 1.12. The molecule has 0 aromatic heterocycles. The average Bonchev–Trinajstić information content (AvgIpc) is 2.66. The lowest BCUT2D eigenvalue weighted by Gasteiger charge is -2.41. The van der Waals surface area contributed by atoms with Gasteiger partial charge in [0.1, 0.15) is 0 Å². The normalized spacial score (nSPS) is 31.4. The van der Waals surface area contributed by atoms with Crippen LogP contribution in [0.3, 0.4) is 0 Å². The molecule has 2 saturated carbocycles. The number of benzene rings is 1. The molecule has 4 heteroatoms. The van der Waals surface area contributed by atoms with E-state index < -0.39 is 0 Å². The highest BCUT2D eigenvalue weighted by Gasteiger charge is 2.34. The second-order valence-electron chi connectivity index (χ2n) is 9.25. The van der Waals surface area contributed by atoms with Crippen LogP contribution in [0.4, 0.5) is 0 Å². The molecule has 3 aliphatic rings. The van der Waals surface area contributed by atoms with Gasteiger partial charge in [0.15, 0.2) is 0 Å². The van der Waals surface area contributed by atoms with Gasteiger partial charge in [-0.25, -0.2) is 0 Å². The molecule has 1 aromatic rings. The van der Waals surface area contributed by atoms with Crippen LogP contribution >= 0.6 is 15.9 Å². The van der Waals surface area contributed by atoms with E-state index in [1.54, 1.807) is 0 Å². The van der Waals surface area contributed by atoms with E-state index in [9.17, 15) is 5.11 Å². The van der Waals surface area contributed by atoms with Crippen LogP contribution in [0.5, 0.6) is 0 Å². The highest BCUT2D eigenvalue weighted by atomic mass is 79.9. The van der Waals surface area contributed by atoms with Crippen LogP contribution in [0.1, 0.15) is 56.4 Å². The molecule has 4 unspecified atom stereocenters. The molecular weight excluding hydrogens is 400 g/mol. The monoisotopic (exact) mass is 434 g/mol. The van der Waals surface area contributed by atoms with E-state index >= 15 is 0 Å². The number of aliphatic hydroxyl groups excluding tert-OH is 1. The van der Waals surface area contributed by atoms with Crippen molar-refractivity contribution in [1.82, 2.24) is 10.2 Å². The quantitative estimate of drug-likeness (QED) is 0.695. The van der Waals surface area contributed by atoms with Gasteiger partial charge in [-0.15, -0.1) is 0 Å². The van der Waals surface area contributed by atoms with Crippen LogP contribution in [0.15, 0.2) is 28.7 Å². The molecule has 0 amide bonds. The predicted octanol–water partition coefficient (Wildman–Crippen LogP) is 4.41. The van der Waals surface area contributed by atoms with E-state index in [2.05, 4.69) is 50.4 Å². The molecule has 150 valence electrons. The van der Waals surface area contributed by atoms with Crippen molar-refractivity contribution in [3.63, 3.8) is 0 Å². The van der Waals surface area contributed by atoms with E-state index in [1.165, 1.54) is 44.1 Å². The molecule has 2 aliphatic carbocycles. The molecule has 1 saturated heterocycles. The number of nitrogens with zero attached hydrogens (tertiary/aromatic N) is 1. The number of aliphatic hydroxyl groups is 1. The Morgan fingerprint density at radius 2 is 1.85 bits per heavy atom. The Balaban J connectivity index is 1.45. The summed E-state index contributed by atoms with van der Waals surface area (Å²) in [5, 5.41) is 14.8. The van der Waals surface area contributed by atoms with Gasteiger partial charge in [0.25, 0.3) is 0 Å². The van der Waals surface area contributed by atoms with Crippen molar-refractivity contribution in [2.75, 3.05) is 32.7 Å². The van der Waals surface area contributed by atoms with Gasteiger partial charge in [0.05, 0.1) is 6.10 Å². The van der Waals surface area contributed by atoms with Crippen LogP contribution in [-0.4, -0.2) is 48.8 Å². The van der Waals surface area contributed by atoms with Gasteiger partial charge in [-0.2, -0.15) is 0 Å². The van der Waals surface area contributed by atoms with E-state index in [-0.39, 0.29) is 12.0 Å². The van der Waals surface area contributed by atoms with Crippen LogP contribution in [-0.2, 0) is 0 Å². The highest BCUT2D eigenvalue weighted by molar-refractivity contribution is 9.10. The second-order valence-corrected chi connectivity index (χ2v) is 10.2. The van der Waals surface area contributed by atoms with Gasteiger partial charge >= 0.3 is 0 Å². The third-order valence-electron chi connectivity index (χ3n) is 7.21. The van der Waals surface area contributed by atoms with Crippen molar-refractivity contribution in [1.29, 1.82) is 0 Å². The Labute approximate surface area is 173 Å². The molecule has 2 bridgehead atoms. The summed E-state index contributed by atoms with van der Waals surface area (Å²) in [5.41, 5.74) is 1.28. The van der Waals surface area contributed by atoms with Gasteiger partial charge in [-0.3, -0.25) is 0 Å². The van der Waals surface area contributed by atoms with E-state index in [1.807, 2.05) is 0 Å². The number of fused-ring (bicyclic) bond motifs is 2. The molecule has 1 heterocycles. The first-order valence-corrected chi connectivity index (χ1v) is 11.8. The lowest BCUT2D eigenvalue weighted by Crippen LogP contribution is -2.46. The maximum absolute atomic E-state index is 11.3. The fraction of sp³-hybridized carbons (Fsp3) is 0.739. The van der Waals surface area contributed by atoms with Crippen LogP contribution in [0.25, 0.3) is 0 Å². The minimum Gasteiger partial charge on any atom is -0.392 e. The summed E-state index contributed by atoms with van der Waals surface area (Å²) in [6.07, 6.45) is 9.21. The largest absolute Gasteiger partial charge is 0.392 e. The van der Waals surface area contributed by atoms with Gasteiger partial charge in [0, 0.05) is 43.1 Å². The Morgan fingerprint density at radius 3 is 2.56 bits per heavy atom. The van der Waals surface area contributed by atoms with Crippen molar-refractivity contribution in [2.45, 2.75) is 57.0 Å². The first kappa shape index (κ1) is 19.9. The van der Waals surface area contributed by atoms with Gasteiger partial charge in [-0.1, -0.05) is 47.3 Å². The molecule has 0 spiro atoms. The Hall–Kier alpha value is -0.420. The average molecular weight is 435 g/mol.